The Morgan fingerprint density at radius 2 is 2.73 bits per heavy atom. The molecule has 3 nitrogen and oxygen atoms in total. The van der Waals surface area contributed by atoms with Crippen molar-refractivity contribution in [1.29, 1.82) is 0 Å². The van der Waals surface area contributed by atoms with E-state index in [1.807, 2.05) is 17.8 Å². The summed E-state index contributed by atoms with van der Waals surface area (Å²) in [7, 11) is 0. The van der Waals surface area contributed by atoms with Crippen molar-refractivity contribution in [2.45, 2.75) is 13.3 Å². The Morgan fingerprint density at radius 1 is 1.82 bits per heavy atom. The zero-order valence-electron chi connectivity index (χ0n) is 6.36. The van der Waals surface area contributed by atoms with Gasteiger partial charge in [0.25, 0.3) is 0 Å². The highest BCUT2D eigenvalue weighted by atomic mass is 32.1. The second-order valence-corrected chi connectivity index (χ2v) is 2.61. The number of rotatable bonds is 4. The van der Waals surface area contributed by atoms with Crippen molar-refractivity contribution in [3.63, 3.8) is 0 Å². The summed E-state index contributed by atoms with van der Waals surface area (Å²) in [4.78, 5) is 8.86. The van der Waals surface area contributed by atoms with Gasteiger partial charge in [0.15, 0.2) is 0 Å². The van der Waals surface area contributed by atoms with Gasteiger partial charge in [0.05, 0.1) is 11.2 Å². The van der Waals surface area contributed by atoms with Crippen LogP contribution in [0.3, 0.4) is 0 Å². The molecule has 0 radical (unpaired) electrons. The van der Waals surface area contributed by atoms with E-state index in [9.17, 15) is 0 Å². The first kappa shape index (κ1) is 8.20. The van der Waals surface area contributed by atoms with Crippen molar-refractivity contribution >= 4 is 17.6 Å². The standard InChI is InChI=1S/C7H10N2OS/c1-2-10-9-4-3-7-5-11-6-8-7/h4-6H,2-3H2,1H3. The Labute approximate surface area is 69.7 Å². The maximum absolute atomic E-state index is 4.78. The first-order valence-electron chi connectivity index (χ1n) is 3.44. The number of nitrogens with zero attached hydrogens (tertiary/aromatic N) is 2. The summed E-state index contributed by atoms with van der Waals surface area (Å²) >= 11 is 1.59. The van der Waals surface area contributed by atoms with Crippen LogP contribution >= 0.6 is 11.3 Å². The van der Waals surface area contributed by atoms with Gasteiger partial charge in [-0.1, -0.05) is 5.16 Å². The van der Waals surface area contributed by atoms with Gasteiger partial charge in [-0.3, -0.25) is 0 Å². The van der Waals surface area contributed by atoms with E-state index in [-0.39, 0.29) is 0 Å². The van der Waals surface area contributed by atoms with Crippen LogP contribution in [0, 0.1) is 0 Å². The zero-order chi connectivity index (χ0) is 7.94. The van der Waals surface area contributed by atoms with Crippen molar-refractivity contribution < 1.29 is 4.84 Å². The fourth-order valence-electron chi connectivity index (χ4n) is 0.596. The van der Waals surface area contributed by atoms with E-state index in [1.54, 1.807) is 17.6 Å². The molecule has 0 fully saturated rings. The van der Waals surface area contributed by atoms with E-state index in [2.05, 4.69) is 10.1 Å². The van der Waals surface area contributed by atoms with Crippen LogP contribution in [-0.4, -0.2) is 17.8 Å². The Hall–Kier alpha value is -0.900. The fourth-order valence-corrected chi connectivity index (χ4v) is 1.17. The number of hydrogen-bond donors (Lipinski definition) is 0. The van der Waals surface area contributed by atoms with Gasteiger partial charge in [0.1, 0.15) is 6.61 Å². The van der Waals surface area contributed by atoms with Gasteiger partial charge >= 0.3 is 0 Å². The van der Waals surface area contributed by atoms with Crippen LogP contribution in [0.15, 0.2) is 16.0 Å². The van der Waals surface area contributed by atoms with Crippen molar-refractivity contribution in [1.82, 2.24) is 4.98 Å². The lowest BCUT2D eigenvalue weighted by Gasteiger charge is -1.89. The second-order valence-electron chi connectivity index (χ2n) is 1.89. The topological polar surface area (TPSA) is 34.5 Å². The van der Waals surface area contributed by atoms with Crippen molar-refractivity contribution in [3.8, 4) is 0 Å². The summed E-state index contributed by atoms with van der Waals surface area (Å²) in [6, 6.07) is 0. The van der Waals surface area contributed by atoms with Gasteiger partial charge in [0, 0.05) is 18.0 Å². The van der Waals surface area contributed by atoms with Crippen molar-refractivity contribution in [3.05, 3.63) is 16.6 Å². The molecule has 0 unspecified atom stereocenters. The van der Waals surface area contributed by atoms with Crippen molar-refractivity contribution in [2.75, 3.05) is 6.61 Å². The Morgan fingerprint density at radius 3 is 3.36 bits per heavy atom. The number of thiazole rings is 1. The first-order valence-corrected chi connectivity index (χ1v) is 4.38. The van der Waals surface area contributed by atoms with Gasteiger partial charge in [-0.05, 0) is 6.92 Å². The molecule has 0 aliphatic rings. The molecule has 1 rings (SSSR count). The smallest absolute Gasteiger partial charge is 0.114 e. The van der Waals surface area contributed by atoms with Crippen molar-refractivity contribution in [2.24, 2.45) is 5.16 Å². The molecule has 0 atom stereocenters. The highest BCUT2D eigenvalue weighted by Gasteiger charge is 1.89. The van der Waals surface area contributed by atoms with E-state index in [1.165, 1.54) is 0 Å². The average Bonchev–Trinajstić information content (AvgIpc) is 2.50. The van der Waals surface area contributed by atoms with E-state index in [4.69, 9.17) is 4.84 Å². The third-order valence-electron chi connectivity index (χ3n) is 1.06. The first-order chi connectivity index (χ1) is 5.43. The third-order valence-corrected chi connectivity index (χ3v) is 1.70. The van der Waals surface area contributed by atoms with Crippen LogP contribution < -0.4 is 0 Å². The predicted molar refractivity (Wildman–Crippen MR) is 45.9 cm³/mol. The summed E-state index contributed by atoms with van der Waals surface area (Å²) in [5.41, 5.74) is 2.85. The van der Waals surface area contributed by atoms with Crippen LogP contribution in [0.1, 0.15) is 12.6 Å². The Balaban J connectivity index is 2.23. The molecule has 60 valence electrons. The maximum Gasteiger partial charge on any atom is 0.114 e. The minimum Gasteiger partial charge on any atom is -0.396 e. The number of aromatic nitrogens is 1. The monoisotopic (exact) mass is 170 g/mol. The summed E-state index contributed by atoms with van der Waals surface area (Å²) in [5, 5.41) is 5.70. The molecular formula is C7H10N2OS. The predicted octanol–water partition coefficient (Wildman–Crippen LogP) is 1.71. The molecule has 1 heterocycles. The van der Waals surface area contributed by atoms with Crippen LogP contribution in [0.5, 0.6) is 0 Å². The number of oxime groups is 1. The molecule has 4 heteroatoms. The summed E-state index contributed by atoms with van der Waals surface area (Å²) in [6.07, 6.45) is 2.47. The highest BCUT2D eigenvalue weighted by Crippen LogP contribution is 1.99. The van der Waals surface area contributed by atoms with Gasteiger partial charge in [-0.2, -0.15) is 0 Å². The molecule has 11 heavy (non-hydrogen) atoms. The minimum absolute atomic E-state index is 0.619. The summed E-state index contributed by atoms with van der Waals surface area (Å²) in [5.74, 6) is 0. The lowest BCUT2D eigenvalue weighted by Crippen LogP contribution is -1.87. The molecule has 0 spiro atoms. The van der Waals surface area contributed by atoms with Gasteiger partial charge in [-0.25, -0.2) is 4.98 Å². The van der Waals surface area contributed by atoms with Gasteiger partial charge < -0.3 is 4.84 Å². The Bertz CT molecular complexity index is 208. The van der Waals surface area contributed by atoms with Crippen LogP contribution in [-0.2, 0) is 11.3 Å². The van der Waals surface area contributed by atoms with E-state index >= 15 is 0 Å². The molecule has 1 aromatic rings. The summed E-state index contributed by atoms with van der Waals surface area (Å²) in [6.45, 7) is 2.52. The third kappa shape index (κ3) is 3.13. The largest absolute Gasteiger partial charge is 0.396 e. The lowest BCUT2D eigenvalue weighted by molar-refractivity contribution is 0.160. The maximum atomic E-state index is 4.78. The van der Waals surface area contributed by atoms with E-state index < -0.39 is 0 Å². The fraction of sp³-hybridized carbons (Fsp3) is 0.429. The molecule has 0 saturated heterocycles. The van der Waals surface area contributed by atoms with Crippen LogP contribution in [0.25, 0.3) is 0 Å². The minimum atomic E-state index is 0.619. The molecule has 0 N–H and O–H groups in total. The van der Waals surface area contributed by atoms with Crippen LogP contribution in [0.4, 0.5) is 0 Å². The highest BCUT2D eigenvalue weighted by molar-refractivity contribution is 7.07. The molecule has 0 aliphatic carbocycles. The van der Waals surface area contributed by atoms with E-state index in [0.29, 0.717) is 6.61 Å². The van der Waals surface area contributed by atoms with Gasteiger partial charge in [0.2, 0.25) is 0 Å². The molecule has 0 bridgehead atoms. The molecular weight excluding hydrogens is 160 g/mol. The zero-order valence-corrected chi connectivity index (χ0v) is 7.17. The number of hydrogen-bond acceptors (Lipinski definition) is 4. The SMILES string of the molecule is CCON=CCc1cscn1. The summed E-state index contributed by atoms with van der Waals surface area (Å²) < 4.78 is 0. The molecule has 0 aromatic carbocycles. The Kier molecular flexibility index (Phi) is 3.61. The average molecular weight is 170 g/mol. The van der Waals surface area contributed by atoms with Gasteiger partial charge in [-0.15, -0.1) is 11.3 Å². The quantitative estimate of drug-likeness (QED) is 0.509. The molecule has 0 amide bonds. The lowest BCUT2D eigenvalue weighted by atomic mass is 10.4. The normalized spacial score (nSPS) is 10.6. The van der Waals surface area contributed by atoms with Crippen LogP contribution in [0.2, 0.25) is 0 Å². The molecule has 1 aromatic heterocycles. The van der Waals surface area contributed by atoms with E-state index in [0.717, 1.165) is 12.1 Å². The molecule has 0 aliphatic heterocycles. The molecule has 0 saturated carbocycles. The second kappa shape index (κ2) is 4.85.